The Bertz CT molecular complexity index is 863. The molecule has 0 aliphatic rings. The Morgan fingerprint density at radius 1 is 1.20 bits per heavy atom. The minimum atomic E-state index is -1.03. The molecule has 2 aromatic rings. The van der Waals surface area contributed by atoms with Gasteiger partial charge < -0.3 is 10.4 Å². The maximum atomic E-state index is 11.7. The average Bonchev–Trinajstić information content (AvgIpc) is 2.56. The third-order valence-corrected chi connectivity index (χ3v) is 3.07. The molecule has 9 nitrogen and oxygen atoms in total. The van der Waals surface area contributed by atoms with Crippen LogP contribution < -0.4 is 10.7 Å². The predicted octanol–water partition coefficient (Wildman–Crippen LogP) is 1.70. The first-order valence-electron chi connectivity index (χ1n) is 7.05. The molecule has 0 fully saturated rings. The van der Waals surface area contributed by atoms with Crippen molar-refractivity contribution in [2.45, 2.75) is 6.92 Å². The van der Waals surface area contributed by atoms with Gasteiger partial charge >= 0.3 is 11.8 Å². The smallest absolute Gasteiger partial charge is 0.329 e. The summed E-state index contributed by atoms with van der Waals surface area (Å²) in [5.41, 5.74) is 3.13. The Balaban J connectivity index is 1.99. The molecule has 0 saturated heterocycles. The Morgan fingerprint density at radius 3 is 2.64 bits per heavy atom. The van der Waals surface area contributed by atoms with Crippen LogP contribution in [0.5, 0.6) is 5.75 Å². The molecule has 2 amide bonds. The molecule has 0 bridgehead atoms. The molecule has 0 radical (unpaired) electrons. The molecule has 9 heteroatoms. The lowest BCUT2D eigenvalue weighted by Gasteiger charge is -2.04. The van der Waals surface area contributed by atoms with E-state index < -0.39 is 16.7 Å². The van der Waals surface area contributed by atoms with Gasteiger partial charge in [-0.05, 0) is 30.7 Å². The fourth-order valence-electron chi connectivity index (χ4n) is 1.88. The lowest BCUT2D eigenvalue weighted by atomic mass is 10.2. The highest BCUT2D eigenvalue weighted by molar-refractivity contribution is 6.39. The van der Waals surface area contributed by atoms with Crippen LogP contribution in [0.25, 0.3) is 0 Å². The Morgan fingerprint density at radius 2 is 1.96 bits per heavy atom. The van der Waals surface area contributed by atoms with Gasteiger partial charge in [0.15, 0.2) is 0 Å². The van der Waals surface area contributed by atoms with E-state index in [1.54, 1.807) is 18.2 Å². The number of anilines is 1. The van der Waals surface area contributed by atoms with Crippen molar-refractivity contribution in [1.29, 1.82) is 0 Å². The zero-order valence-corrected chi connectivity index (χ0v) is 13.1. The summed E-state index contributed by atoms with van der Waals surface area (Å²) in [6.45, 7) is 1.84. The number of aromatic hydroxyl groups is 1. The van der Waals surface area contributed by atoms with Gasteiger partial charge in [-0.1, -0.05) is 12.1 Å². The van der Waals surface area contributed by atoms with Crippen LogP contribution in [0.3, 0.4) is 0 Å². The number of benzene rings is 2. The summed E-state index contributed by atoms with van der Waals surface area (Å²) in [4.78, 5) is 33.5. The van der Waals surface area contributed by atoms with E-state index in [0.29, 0.717) is 5.69 Å². The highest BCUT2D eigenvalue weighted by Crippen LogP contribution is 2.21. The number of nitrogens with zero attached hydrogens (tertiary/aromatic N) is 2. The third kappa shape index (κ3) is 4.86. The number of nitrogens with one attached hydrogen (secondary N) is 2. The number of carbonyl (C=O) groups excluding carboxylic acids is 2. The molecule has 0 heterocycles. The largest absolute Gasteiger partial charge is 0.507 e. The first-order chi connectivity index (χ1) is 11.9. The van der Waals surface area contributed by atoms with Crippen molar-refractivity contribution in [3.63, 3.8) is 0 Å². The van der Waals surface area contributed by atoms with Gasteiger partial charge in [-0.2, -0.15) is 5.10 Å². The van der Waals surface area contributed by atoms with Crippen LogP contribution >= 0.6 is 0 Å². The second kappa shape index (κ2) is 7.68. The number of rotatable bonds is 4. The zero-order valence-electron chi connectivity index (χ0n) is 13.1. The highest BCUT2D eigenvalue weighted by Gasteiger charge is 2.13. The lowest BCUT2D eigenvalue weighted by Crippen LogP contribution is -2.32. The minimum Gasteiger partial charge on any atom is -0.507 e. The maximum absolute atomic E-state index is 11.7. The summed E-state index contributed by atoms with van der Waals surface area (Å²) in [7, 11) is 0. The van der Waals surface area contributed by atoms with E-state index in [9.17, 15) is 24.8 Å². The first-order valence-corrected chi connectivity index (χ1v) is 7.05. The SMILES string of the molecule is Cc1cccc(NC(=O)C(=O)N/N=C\c2cc([N+](=O)[O-])ccc2O)c1. The number of hydrogen-bond donors (Lipinski definition) is 3. The van der Waals surface area contributed by atoms with Crippen LogP contribution in [-0.2, 0) is 9.59 Å². The number of nitro benzene ring substituents is 1. The van der Waals surface area contributed by atoms with Gasteiger partial charge in [0, 0.05) is 23.4 Å². The van der Waals surface area contributed by atoms with Gasteiger partial charge in [0.05, 0.1) is 11.1 Å². The molecule has 3 N–H and O–H groups in total. The van der Waals surface area contributed by atoms with E-state index in [1.807, 2.05) is 18.4 Å². The number of non-ortho nitro benzene ring substituents is 1. The van der Waals surface area contributed by atoms with Crippen molar-refractivity contribution >= 4 is 29.4 Å². The van der Waals surface area contributed by atoms with Crippen LogP contribution in [-0.4, -0.2) is 28.1 Å². The molecule has 0 atom stereocenters. The van der Waals surface area contributed by atoms with Gasteiger partial charge in [0.25, 0.3) is 5.69 Å². The topological polar surface area (TPSA) is 134 Å². The van der Waals surface area contributed by atoms with Crippen molar-refractivity contribution in [2.24, 2.45) is 5.10 Å². The number of phenolic OH excluding ortho intramolecular Hbond substituents is 1. The lowest BCUT2D eigenvalue weighted by molar-refractivity contribution is -0.384. The van der Waals surface area contributed by atoms with Crippen molar-refractivity contribution in [3.8, 4) is 5.75 Å². The van der Waals surface area contributed by atoms with Crippen molar-refractivity contribution in [1.82, 2.24) is 5.43 Å². The molecule has 0 saturated carbocycles. The molecule has 128 valence electrons. The van der Waals surface area contributed by atoms with E-state index in [0.717, 1.165) is 30.0 Å². The van der Waals surface area contributed by atoms with Crippen LogP contribution in [0, 0.1) is 17.0 Å². The molecule has 25 heavy (non-hydrogen) atoms. The number of hydrazone groups is 1. The van der Waals surface area contributed by atoms with Gasteiger partial charge in [-0.25, -0.2) is 5.43 Å². The summed E-state index contributed by atoms with van der Waals surface area (Å²) >= 11 is 0. The fraction of sp³-hybridized carbons (Fsp3) is 0.0625. The standard InChI is InChI=1S/C16H14N4O5/c1-10-3-2-4-12(7-10)18-15(22)16(23)19-17-9-11-8-13(20(24)25)5-6-14(11)21/h2-9,21H,1H3,(H,18,22)(H,19,23)/b17-9-. The quantitative estimate of drug-likeness (QED) is 0.336. The summed E-state index contributed by atoms with van der Waals surface area (Å²) in [6, 6.07) is 10.2. The molecule has 0 aliphatic heterocycles. The molecule has 0 unspecified atom stereocenters. The monoisotopic (exact) mass is 342 g/mol. The molecule has 0 aliphatic carbocycles. The van der Waals surface area contributed by atoms with Crippen LogP contribution in [0.15, 0.2) is 47.6 Å². The predicted molar refractivity (Wildman–Crippen MR) is 90.3 cm³/mol. The second-order valence-corrected chi connectivity index (χ2v) is 5.02. The maximum Gasteiger partial charge on any atom is 0.329 e. The molecular formula is C16H14N4O5. The fourth-order valence-corrected chi connectivity index (χ4v) is 1.88. The van der Waals surface area contributed by atoms with Crippen LogP contribution in [0.1, 0.15) is 11.1 Å². The molecule has 0 aromatic heterocycles. The first kappa shape index (κ1) is 17.6. The van der Waals surface area contributed by atoms with E-state index in [-0.39, 0.29) is 17.0 Å². The zero-order chi connectivity index (χ0) is 18.4. The van der Waals surface area contributed by atoms with E-state index in [2.05, 4.69) is 10.4 Å². The normalized spacial score (nSPS) is 10.4. The summed E-state index contributed by atoms with van der Waals surface area (Å²) in [5.74, 6) is -2.21. The average molecular weight is 342 g/mol. The van der Waals surface area contributed by atoms with E-state index in [4.69, 9.17) is 0 Å². The van der Waals surface area contributed by atoms with Gasteiger partial charge in [0.2, 0.25) is 0 Å². The third-order valence-electron chi connectivity index (χ3n) is 3.07. The van der Waals surface area contributed by atoms with E-state index >= 15 is 0 Å². The number of carbonyl (C=O) groups is 2. The van der Waals surface area contributed by atoms with Crippen molar-refractivity contribution in [3.05, 3.63) is 63.7 Å². The highest BCUT2D eigenvalue weighted by atomic mass is 16.6. The summed E-state index contributed by atoms with van der Waals surface area (Å²) in [5, 5.41) is 26.2. The number of aryl methyl sites for hydroxylation is 1. The van der Waals surface area contributed by atoms with Crippen molar-refractivity contribution < 1.29 is 19.6 Å². The van der Waals surface area contributed by atoms with Gasteiger partial charge in [-0.3, -0.25) is 19.7 Å². The van der Waals surface area contributed by atoms with Crippen molar-refractivity contribution in [2.75, 3.05) is 5.32 Å². The number of hydrogen-bond acceptors (Lipinski definition) is 6. The minimum absolute atomic E-state index is 0.0218. The van der Waals surface area contributed by atoms with Gasteiger partial charge in [-0.15, -0.1) is 0 Å². The molecule has 2 aromatic carbocycles. The van der Waals surface area contributed by atoms with E-state index in [1.165, 1.54) is 0 Å². The Kier molecular flexibility index (Phi) is 5.41. The Hall–Kier alpha value is -3.75. The summed E-state index contributed by atoms with van der Waals surface area (Å²) in [6.07, 6.45) is 1.00. The Labute approximate surface area is 142 Å². The molecule has 2 rings (SSSR count). The van der Waals surface area contributed by atoms with Crippen LogP contribution in [0.2, 0.25) is 0 Å². The van der Waals surface area contributed by atoms with Gasteiger partial charge in [0.1, 0.15) is 5.75 Å². The van der Waals surface area contributed by atoms with Crippen LogP contribution in [0.4, 0.5) is 11.4 Å². The summed E-state index contributed by atoms with van der Waals surface area (Å²) < 4.78 is 0. The number of nitro groups is 1. The molecule has 0 spiro atoms. The second-order valence-electron chi connectivity index (χ2n) is 5.02. The number of phenols is 1. The number of amides is 2. The molecular weight excluding hydrogens is 328 g/mol.